The van der Waals surface area contributed by atoms with Crippen LogP contribution in [-0.4, -0.2) is 42.8 Å². The minimum Gasteiger partial charge on any atom is -0.458 e. The third kappa shape index (κ3) is 2.68. The van der Waals surface area contributed by atoms with E-state index in [-0.39, 0.29) is 22.9 Å². The standard InChI is InChI=1S/C18H19N3O4S/c1-11-4-3-5-14-19-12(8-16(23)20(11)14)9-25-17(24)13-10-26-18(2)7-6-15(22)21(13)18/h3-5,8,13H,6-7,9-10H2,1-2H3/t13-,18+/m1/s1. The number of rotatable bonds is 3. The number of fused-ring (bicyclic) bond motifs is 2. The maximum atomic E-state index is 12.5. The summed E-state index contributed by atoms with van der Waals surface area (Å²) in [5.41, 5.74) is 1.49. The summed E-state index contributed by atoms with van der Waals surface area (Å²) in [6.45, 7) is 3.74. The Bertz CT molecular complexity index is 973. The Kier molecular flexibility index (Phi) is 4.02. The van der Waals surface area contributed by atoms with Crippen molar-refractivity contribution < 1.29 is 14.3 Å². The van der Waals surface area contributed by atoms with Crippen LogP contribution in [0.5, 0.6) is 0 Å². The Labute approximate surface area is 154 Å². The summed E-state index contributed by atoms with van der Waals surface area (Å²) in [6, 6.07) is 6.20. The third-order valence-corrected chi connectivity index (χ3v) is 6.52. The number of ether oxygens (including phenoxy) is 1. The molecule has 2 atom stereocenters. The zero-order valence-corrected chi connectivity index (χ0v) is 15.4. The molecule has 136 valence electrons. The summed E-state index contributed by atoms with van der Waals surface area (Å²) in [6.07, 6.45) is 1.22. The summed E-state index contributed by atoms with van der Waals surface area (Å²) >= 11 is 1.62. The van der Waals surface area contributed by atoms with Crippen LogP contribution in [0.4, 0.5) is 0 Å². The number of aryl methyl sites for hydroxylation is 1. The van der Waals surface area contributed by atoms with E-state index in [1.54, 1.807) is 22.7 Å². The van der Waals surface area contributed by atoms with Crippen molar-refractivity contribution in [1.82, 2.24) is 14.3 Å². The quantitative estimate of drug-likeness (QED) is 0.759. The number of hydrogen-bond donors (Lipinski definition) is 0. The van der Waals surface area contributed by atoms with Gasteiger partial charge in [-0.15, -0.1) is 11.8 Å². The topological polar surface area (TPSA) is 81.0 Å². The fourth-order valence-corrected chi connectivity index (χ4v) is 5.09. The maximum absolute atomic E-state index is 12.5. The first-order valence-corrected chi connectivity index (χ1v) is 9.49. The number of esters is 1. The lowest BCUT2D eigenvalue weighted by Crippen LogP contribution is -2.46. The molecule has 7 nitrogen and oxygen atoms in total. The number of carbonyl (C=O) groups excluding carboxylic acids is 2. The Balaban J connectivity index is 1.51. The van der Waals surface area contributed by atoms with Gasteiger partial charge in [-0.2, -0.15) is 0 Å². The summed E-state index contributed by atoms with van der Waals surface area (Å²) < 4.78 is 6.90. The van der Waals surface area contributed by atoms with E-state index in [2.05, 4.69) is 4.98 Å². The second-order valence-electron chi connectivity index (χ2n) is 6.82. The first-order chi connectivity index (χ1) is 12.4. The predicted molar refractivity (Wildman–Crippen MR) is 96.7 cm³/mol. The van der Waals surface area contributed by atoms with Gasteiger partial charge in [0.25, 0.3) is 5.56 Å². The van der Waals surface area contributed by atoms with E-state index in [1.807, 2.05) is 26.0 Å². The number of aromatic nitrogens is 2. The molecule has 2 aliphatic heterocycles. The largest absolute Gasteiger partial charge is 0.458 e. The molecule has 8 heteroatoms. The highest BCUT2D eigenvalue weighted by atomic mass is 32.2. The van der Waals surface area contributed by atoms with Gasteiger partial charge < -0.3 is 9.64 Å². The Morgan fingerprint density at radius 3 is 3.04 bits per heavy atom. The molecule has 0 aliphatic carbocycles. The molecule has 0 bridgehead atoms. The van der Waals surface area contributed by atoms with Crippen molar-refractivity contribution in [2.24, 2.45) is 0 Å². The van der Waals surface area contributed by atoms with Crippen LogP contribution in [0.25, 0.3) is 5.65 Å². The average molecular weight is 373 g/mol. The van der Waals surface area contributed by atoms with Crippen LogP contribution in [0.3, 0.4) is 0 Å². The van der Waals surface area contributed by atoms with Crippen molar-refractivity contribution in [1.29, 1.82) is 0 Å². The first-order valence-electron chi connectivity index (χ1n) is 8.50. The Hall–Kier alpha value is -2.35. The van der Waals surface area contributed by atoms with Crippen LogP contribution >= 0.6 is 11.8 Å². The lowest BCUT2D eigenvalue weighted by molar-refractivity contribution is -0.154. The smallest absolute Gasteiger partial charge is 0.330 e. The van der Waals surface area contributed by atoms with Crippen molar-refractivity contribution in [2.75, 3.05) is 5.75 Å². The van der Waals surface area contributed by atoms with E-state index in [0.717, 1.165) is 12.1 Å². The van der Waals surface area contributed by atoms with Crippen LogP contribution in [0.1, 0.15) is 31.2 Å². The van der Waals surface area contributed by atoms with Gasteiger partial charge in [0.2, 0.25) is 5.91 Å². The summed E-state index contributed by atoms with van der Waals surface area (Å²) in [4.78, 5) is 42.7. The van der Waals surface area contributed by atoms with E-state index in [4.69, 9.17) is 4.74 Å². The molecule has 0 unspecified atom stereocenters. The molecule has 4 heterocycles. The molecule has 1 amide bonds. The van der Waals surface area contributed by atoms with Crippen molar-refractivity contribution in [3.63, 3.8) is 0 Å². The van der Waals surface area contributed by atoms with Crippen LogP contribution in [-0.2, 0) is 20.9 Å². The highest BCUT2D eigenvalue weighted by Gasteiger charge is 2.53. The average Bonchev–Trinajstić information content (AvgIpc) is 3.09. The molecule has 0 saturated carbocycles. The van der Waals surface area contributed by atoms with Crippen LogP contribution in [0, 0.1) is 6.92 Å². The van der Waals surface area contributed by atoms with Crippen molar-refractivity contribution in [2.45, 2.75) is 44.2 Å². The lowest BCUT2D eigenvalue weighted by Gasteiger charge is -2.29. The molecule has 26 heavy (non-hydrogen) atoms. The molecule has 2 saturated heterocycles. The number of carbonyl (C=O) groups is 2. The minimum atomic E-state index is -0.566. The zero-order valence-electron chi connectivity index (χ0n) is 14.6. The molecule has 0 aromatic carbocycles. The number of hydrogen-bond acceptors (Lipinski definition) is 6. The summed E-state index contributed by atoms with van der Waals surface area (Å²) in [7, 11) is 0. The molecule has 4 rings (SSSR count). The minimum absolute atomic E-state index is 0.00278. The molecule has 2 aliphatic rings. The van der Waals surface area contributed by atoms with E-state index in [9.17, 15) is 14.4 Å². The van der Waals surface area contributed by atoms with Crippen LogP contribution < -0.4 is 5.56 Å². The van der Waals surface area contributed by atoms with Gasteiger partial charge in [-0.25, -0.2) is 9.78 Å². The molecule has 2 aromatic rings. The summed E-state index contributed by atoms with van der Waals surface area (Å²) in [5.74, 6) is 0.0911. The highest BCUT2D eigenvalue weighted by molar-refractivity contribution is 8.01. The van der Waals surface area contributed by atoms with E-state index >= 15 is 0 Å². The Morgan fingerprint density at radius 1 is 1.42 bits per heavy atom. The van der Waals surface area contributed by atoms with Gasteiger partial charge >= 0.3 is 5.97 Å². The number of nitrogens with zero attached hydrogens (tertiary/aromatic N) is 3. The van der Waals surface area contributed by atoms with Crippen molar-refractivity contribution in [3.05, 3.63) is 46.0 Å². The predicted octanol–water partition coefficient (Wildman–Crippen LogP) is 1.50. The van der Waals surface area contributed by atoms with E-state index < -0.39 is 12.0 Å². The Morgan fingerprint density at radius 2 is 2.23 bits per heavy atom. The van der Waals surface area contributed by atoms with E-state index in [1.165, 1.54) is 10.5 Å². The molecule has 0 spiro atoms. The monoisotopic (exact) mass is 373 g/mol. The first kappa shape index (κ1) is 17.1. The number of thioether (sulfide) groups is 1. The molecule has 0 radical (unpaired) electrons. The zero-order chi connectivity index (χ0) is 18.5. The van der Waals surface area contributed by atoms with Gasteiger partial charge in [0, 0.05) is 23.9 Å². The third-order valence-electron chi connectivity index (χ3n) is 5.01. The summed E-state index contributed by atoms with van der Waals surface area (Å²) in [5, 5.41) is 0. The van der Waals surface area contributed by atoms with Crippen molar-refractivity contribution in [3.8, 4) is 0 Å². The van der Waals surface area contributed by atoms with Gasteiger partial charge in [0.05, 0.1) is 10.6 Å². The SMILES string of the molecule is Cc1cccc2nc(COC(=O)[C@H]3CS[C@@]4(C)CCC(=O)N34)cc(=O)n12. The van der Waals surface area contributed by atoms with Gasteiger partial charge in [-0.3, -0.25) is 14.0 Å². The molecule has 2 fully saturated rings. The fourth-order valence-electron chi connectivity index (χ4n) is 3.67. The molecular weight excluding hydrogens is 354 g/mol. The van der Waals surface area contributed by atoms with Gasteiger partial charge in [-0.1, -0.05) is 6.07 Å². The molecular formula is C18H19N3O4S. The normalized spacial score (nSPS) is 24.9. The van der Waals surface area contributed by atoms with Gasteiger partial charge in [0.15, 0.2) is 0 Å². The maximum Gasteiger partial charge on any atom is 0.330 e. The van der Waals surface area contributed by atoms with Gasteiger partial charge in [0.1, 0.15) is 18.3 Å². The lowest BCUT2D eigenvalue weighted by atomic mass is 10.2. The second-order valence-corrected chi connectivity index (χ2v) is 8.32. The highest BCUT2D eigenvalue weighted by Crippen LogP contribution is 2.47. The van der Waals surface area contributed by atoms with Crippen LogP contribution in [0.15, 0.2) is 29.1 Å². The second kappa shape index (κ2) is 6.12. The number of amides is 1. The number of pyridine rings is 1. The van der Waals surface area contributed by atoms with Gasteiger partial charge in [-0.05, 0) is 32.4 Å². The van der Waals surface area contributed by atoms with Crippen molar-refractivity contribution >= 4 is 29.3 Å². The molecule has 0 N–H and O–H groups in total. The van der Waals surface area contributed by atoms with Crippen LogP contribution in [0.2, 0.25) is 0 Å². The fraction of sp³-hybridized carbons (Fsp3) is 0.444. The van der Waals surface area contributed by atoms with E-state index in [0.29, 0.717) is 23.5 Å². The molecule has 2 aromatic heterocycles.